The van der Waals surface area contributed by atoms with Crippen LogP contribution in [0.3, 0.4) is 0 Å². The van der Waals surface area contributed by atoms with Crippen molar-refractivity contribution in [3.05, 3.63) is 12.7 Å². The molecule has 2 unspecified atom stereocenters. The van der Waals surface area contributed by atoms with Crippen molar-refractivity contribution >= 4 is 75.1 Å². The van der Waals surface area contributed by atoms with Gasteiger partial charge in [-0.2, -0.15) is 4.31 Å². The third kappa shape index (κ3) is 15.8. The summed E-state index contributed by atoms with van der Waals surface area (Å²) >= 11 is 0.718. The molecule has 0 saturated carbocycles. The maximum Gasteiger partial charge on any atom is 1.00 e. The second-order valence-corrected chi connectivity index (χ2v) is 17.2. The minimum atomic E-state index is -5.59. The van der Waals surface area contributed by atoms with Crippen LogP contribution in [0.5, 0.6) is 0 Å². The van der Waals surface area contributed by atoms with E-state index in [9.17, 15) is 62.7 Å². The quantitative estimate of drug-likeness (QED) is 0.0246. The molecule has 2 aromatic heterocycles. The second-order valence-electron chi connectivity index (χ2n) is 11.9. The van der Waals surface area contributed by atoms with Crippen molar-refractivity contribution in [2.75, 3.05) is 37.8 Å². The van der Waals surface area contributed by atoms with Crippen LogP contribution in [-0.4, -0.2) is 134 Å². The number of fused-ring (bicyclic) bond motifs is 1. The zero-order chi connectivity index (χ0) is 40.6. The van der Waals surface area contributed by atoms with E-state index in [1.165, 1.54) is 13.8 Å². The third-order valence-electron chi connectivity index (χ3n) is 7.06. The van der Waals surface area contributed by atoms with Gasteiger partial charge in [-0.15, -0.1) is 0 Å². The molecule has 0 spiro atoms. The van der Waals surface area contributed by atoms with E-state index in [2.05, 4.69) is 34.4 Å². The van der Waals surface area contributed by atoms with Crippen molar-refractivity contribution in [2.24, 2.45) is 5.41 Å². The van der Waals surface area contributed by atoms with Crippen LogP contribution < -0.4 is 35.2 Å². The number of carbonyl (C=O) groups is 4. The van der Waals surface area contributed by atoms with Crippen molar-refractivity contribution in [3.63, 3.8) is 0 Å². The van der Waals surface area contributed by atoms with E-state index < -0.39 is 102 Å². The summed E-state index contributed by atoms with van der Waals surface area (Å²) in [6.07, 6.45) is -7.78. The first-order chi connectivity index (χ1) is 24.9. The number of anilines is 1. The topological polar surface area (TPSA) is 401 Å². The molecule has 7 atom stereocenters. The van der Waals surface area contributed by atoms with E-state index in [-0.39, 0.29) is 70.0 Å². The Hall–Kier alpha value is -2.37. The number of amides is 2. The van der Waals surface area contributed by atoms with Gasteiger partial charge in [-0.1, -0.05) is 33.0 Å². The first kappa shape index (κ1) is 51.6. The molecular formula is C25H43LiN7O19P3S. The number of carboxylic acids is 1. The van der Waals surface area contributed by atoms with Crippen molar-refractivity contribution < 1.29 is 111 Å². The number of nitrogens with one attached hydrogen (secondary N) is 2. The summed E-state index contributed by atoms with van der Waals surface area (Å²) in [6, 6.07) is 0. The van der Waals surface area contributed by atoms with Crippen LogP contribution in [0.25, 0.3) is 11.2 Å². The number of phosphoric ester groups is 3. The molecule has 31 heteroatoms. The summed E-state index contributed by atoms with van der Waals surface area (Å²) < 4.78 is 61.8. The van der Waals surface area contributed by atoms with Crippen molar-refractivity contribution in [1.82, 2.24) is 30.2 Å². The fourth-order valence-electron chi connectivity index (χ4n) is 4.47. The van der Waals surface area contributed by atoms with Gasteiger partial charge < -0.3 is 57.4 Å². The molecular weight excluding hydrogens is 834 g/mol. The number of nitrogen functional groups attached to an aromatic ring is 1. The van der Waals surface area contributed by atoms with Crippen LogP contribution in [0.1, 0.15) is 41.8 Å². The number of aliphatic hydroxyl groups excluding tert-OH is 2. The summed E-state index contributed by atoms with van der Waals surface area (Å²) in [4.78, 5) is 97.0. The van der Waals surface area contributed by atoms with Crippen LogP contribution in [0, 0.1) is 5.41 Å². The molecule has 1 fully saturated rings. The minimum absolute atomic E-state index is 0. The Balaban J connectivity index is 0.0000105. The van der Waals surface area contributed by atoms with Crippen LogP contribution in [0.4, 0.5) is 5.82 Å². The van der Waals surface area contributed by atoms with Gasteiger partial charge in [0.15, 0.2) is 22.8 Å². The molecule has 1 aliphatic rings. The molecule has 11 N–H and O–H groups in total. The molecule has 0 aromatic carbocycles. The maximum atomic E-state index is 12.6. The number of ether oxygens (including phenoxy) is 1. The molecule has 1 aliphatic heterocycles. The molecule has 3 rings (SSSR count). The zero-order valence-corrected chi connectivity index (χ0v) is 32.6. The monoisotopic (exact) mass is 877 g/mol. The smallest absolute Gasteiger partial charge is 1.00 e. The van der Waals surface area contributed by atoms with Crippen LogP contribution >= 0.6 is 35.2 Å². The van der Waals surface area contributed by atoms with E-state index in [0.717, 1.165) is 29.0 Å². The van der Waals surface area contributed by atoms with Gasteiger partial charge in [0, 0.05) is 30.7 Å². The number of aliphatic carboxylic acids is 1. The molecule has 0 radical (unpaired) electrons. The van der Waals surface area contributed by atoms with Gasteiger partial charge in [0.1, 0.15) is 42.7 Å². The first-order valence-electron chi connectivity index (χ1n) is 15.2. The number of nitrogens with zero attached hydrogens (tertiary/aromatic N) is 4. The number of aromatic nitrogens is 4. The largest absolute Gasteiger partial charge is 1.00 e. The second kappa shape index (κ2) is 21.6. The number of phosphoric acid groups is 3. The molecule has 0 bridgehead atoms. The molecule has 314 valence electrons. The predicted octanol–water partition coefficient (Wildman–Crippen LogP) is -4.11. The van der Waals surface area contributed by atoms with E-state index in [1.807, 2.05) is 0 Å². The number of rotatable bonds is 21. The van der Waals surface area contributed by atoms with Crippen molar-refractivity contribution in [2.45, 2.75) is 64.8 Å². The maximum absolute atomic E-state index is 12.6. The normalized spacial score (nSPS) is 21.1. The molecule has 1 saturated heterocycles. The van der Waals surface area contributed by atoms with Crippen molar-refractivity contribution in [3.8, 4) is 0 Å². The summed E-state index contributed by atoms with van der Waals surface area (Å²) in [6.45, 7) is 0.132. The number of imidazole rings is 1. The number of nitrogens with two attached hydrogens (primary N) is 1. The Morgan fingerprint density at radius 2 is 1.71 bits per heavy atom. The van der Waals surface area contributed by atoms with Gasteiger partial charge in [-0.25, -0.2) is 28.6 Å². The zero-order valence-electron chi connectivity index (χ0n) is 30.1. The number of thioether (sulfide) groups is 1. The molecule has 26 nitrogen and oxygen atoms in total. The molecule has 0 aliphatic carbocycles. The fraction of sp³-hybridized carbons (Fsp3) is 0.640. The van der Waals surface area contributed by atoms with E-state index in [0.29, 0.717) is 0 Å². The predicted molar refractivity (Wildman–Crippen MR) is 187 cm³/mol. The molecule has 56 heavy (non-hydrogen) atoms. The summed E-state index contributed by atoms with van der Waals surface area (Å²) in [5, 5.41) is 34.0. The fourth-order valence-corrected chi connectivity index (χ4v) is 7.96. The number of carboxylic acid groups (broad SMARTS) is 1. The van der Waals surface area contributed by atoms with Crippen LogP contribution in [-0.2, 0) is 55.5 Å². The van der Waals surface area contributed by atoms with Gasteiger partial charge >= 0.3 is 48.3 Å². The number of hydrogen-bond donors (Lipinski definition) is 10. The van der Waals surface area contributed by atoms with Gasteiger partial charge in [0.2, 0.25) is 11.8 Å². The van der Waals surface area contributed by atoms with Gasteiger partial charge in [0.25, 0.3) is 0 Å². The van der Waals surface area contributed by atoms with E-state index in [4.69, 9.17) is 24.6 Å². The Labute approximate surface area is 335 Å². The SMILES string of the molecule is C.CC(C)(COP(=O)(O)OP(=O)(O)OC[C@H]1O[C@@H](n2cnc3c(N)ncnc32)[C@H](O)[C@@H]1OP(=O)(O)O)[C@@H](O)C(=O)NCCC(=O)NCCSC(=O)CC(=O)O.[H-].[Li+]. The van der Waals surface area contributed by atoms with Gasteiger partial charge in [0.05, 0.1) is 19.5 Å². The molecule has 2 aromatic rings. The molecule has 2 amide bonds. The summed E-state index contributed by atoms with van der Waals surface area (Å²) in [5.41, 5.74) is 4.19. The Morgan fingerprint density at radius 1 is 1.07 bits per heavy atom. The Kier molecular flexibility index (Phi) is 19.9. The number of carbonyl (C=O) groups excluding carboxylic acids is 3. The molecule has 3 heterocycles. The van der Waals surface area contributed by atoms with Gasteiger partial charge in [-0.05, 0) is 0 Å². The Morgan fingerprint density at radius 3 is 2.34 bits per heavy atom. The van der Waals surface area contributed by atoms with E-state index >= 15 is 0 Å². The van der Waals surface area contributed by atoms with Crippen LogP contribution in [0.2, 0.25) is 0 Å². The first-order valence-corrected chi connectivity index (χ1v) is 20.7. The van der Waals surface area contributed by atoms with Gasteiger partial charge in [-0.3, -0.25) is 37.3 Å². The third-order valence-corrected chi connectivity index (χ3v) is 11.0. The van der Waals surface area contributed by atoms with Crippen molar-refractivity contribution in [1.29, 1.82) is 0 Å². The average molecular weight is 878 g/mol. The summed E-state index contributed by atoms with van der Waals surface area (Å²) in [7, 11) is -16.4. The van der Waals surface area contributed by atoms with Crippen LogP contribution in [0.15, 0.2) is 12.7 Å². The Bertz CT molecular complexity index is 1840. The number of aliphatic hydroxyl groups is 2. The minimum Gasteiger partial charge on any atom is -1.00 e. The number of hydrogen-bond acceptors (Lipinski definition) is 19. The summed E-state index contributed by atoms with van der Waals surface area (Å²) in [5.74, 6) is -2.80. The van der Waals surface area contributed by atoms with E-state index in [1.54, 1.807) is 0 Å². The standard InChI is InChI=1S/C24H38N7O19P3S.CH4.Li.H/c1-24(2,19(37)22(38)27-4-3-13(32)26-5-6-54-15(35)7-14(33)34)9-47-53(44,45)50-52(42,43)46-8-12-18(49-51(39,40)41)17(36)23(48-12)31-11-30-16-20(25)28-10-29-21(16)31;;;/h10-12,17-19,23,36-37H,3-9H2,1-2H3,(H,26,32)(H,27,38)(H,33,34)(H,42,43)(H,44,45)(H2,25,28,29)(H2,39,40,41);1H4;;/q;;+1;-1/t12-,17-,18-,19+,23-;;;/m1.../s1. The average Bonchev–Trinajstić information content (AvgIpc) is 3.60.